The van der Waals surface area contributed by atoms with E-state index >= 15 is 0 Å². The third-order valence-corrected chi connectivity index (χ3v) is 12.2. The predicted molar refractivity (Wildman–Crippen MR) is 211 cm³/mol. The molecule has 3 aliphatic heterocycles. The Morgan fingerprint density at radius 1 is 0.731 bits per heavy atom. The summed E-state index contributed by atoms with van der Waals surface area (Å²) in [5.41, 5.74) is 11.4. The summed E-state index contributed by atoms with van der Waals surface area (Å²) in [4.78, 5) is 4.81. The van der Waals surface area contributed by atoms with E-state index in [1.54, 1.807) is 7.11 Å². The first-order valence-corrected chi connectivity index (χ1v) is 19.0. The fourth-order valence-electron chi connectivity index (χ4n) is 9.40. The molecule has 5 aromatic rings. The topological polar surface area (TPSA) is 43.4 Å². The van der Waals surface area contributed by atoms with Gasteiger partial charge in [0.1, 0.15) is 11.5 Å². The summed E-state index contributed by atoms with van der Waals surface area (Å²) in [6.45, 7) is 13.2. The largest absolute Gasteiger partial charge is 0.495 e. The molecule has 1 aliphatic carbocycles. The minimum atomic E-state index is -0.839. The molecule has 0 N–H and O–H groups in total. The monoisotopic (exact) mass is 692 g/mol. The molecule has 6 heteroatoms. The van der Waals surface area contributed by atoms with Crippen molar-refractivity contribution in [3.8, 4) is 22.6 Å². The maximum absolute atomic E-state index is 7.71. The SMILES string of the molecule is CCC1(CC)c2ccccc2-c2c1c1c(c3cc(OC)c(N4CCOCC4)cc23)OC(c2ccc(C)cc2)(c2ccc(N3CCOCC3)cc2)C=C1. The Hall–Kier alpha value is -4.78. The molecule has 5 aromatic carbocycles. The molecule has 0 saturated carbocycles. The van der Waals surface area contributed by atoms with Crippen molar-refractivity contribution in [2.75, 3.05) is 69.5 Å². The average molecular weight is 693 g/mol. The van der Waals surface area contributed by atoms with Gasteiger partial charge in [-0.15, -0.1) is 0 Å². The molecule has 1 atom stereocenters. The smallest absolute Gasteiger partial charge is 0.178 e. The van der Waals surface area contributed by atoms with E-state index in [9.17, 15) is 0 Å². The molecule has 52 heavy (non-hydrogen) atoms. The Balaban J connectivity index is 1.32. The molecular formula is C46H48N2O4. The second-order valence-corrected chi connectivity index (χ2v) is 14.7. The van der Waals surface area contributed by atoms with Crippen molar-refractivity contribution in [2.45, 2.75) is 44.6 Å². The first kappa shape index (κ1) is 33.1. The molecule has 4 aliphatic rings. The van der Waals surface area contributed by atoms with Gasteiger partial charge in [0.2, 0.25) is 0 Å². The molecule has 1 unspecified atom stereocenters. The summed E-state index contributed by atoms with van der Waals surface area (Å²) in [6, 6.07) is 31.5. The number of benzene rings is 5. The van der Waals surface area contributed by atoms with Crippen LogP contribution in [-0.4, -0.2) is 59.7 Å². The molecule has 6 nitrogen and oxygen atoms in total. The number of ether oxygens (including phenoxy) is 4. The second-order valence-electron chi connectivity index (χ2n) is 14.7. The van der Waals surface area contributed by atoms with Gasteiger partial charge in [-0.1, -0.05) is 86.2 Å². The van der Waals surface area contributed by atoms with Gasteiger partial charge in [0, 0.05) is 59.4 Å². The van der Waals surface area contributed by atoms with Crippen LogP contribution in [0.15, 0.2) is 91.0 Å². The van der Waals surface area contributed by atoms with Gasteiger partial charge in [0.05, 0.1) is 39.2 Å². The molecule has 2 fully saturated rings. The van der Waals surface area contributed by atoms with Crippen LogP contribution in [0.5, 0.6) is 11.5 Å². The van der Waals surface area contributed by atoms with Gasteiger partial charge < -0.3 is 28.7 Å². The van der Waals surface area contributed by atoms with Crippen LogP contribution in [0.25, 0.3) is 28.0 Å². The lowest BCUT2D eigenvalue weighted by Gasteiger charge is -2.40. The third-order valence-electron chi connectivity index (χ3n) is 12.2. The van der Waals surface area contributed by atoms with E-state index < -0.39 is 5.60 Å². The van der Waals surface area contributed by atoms with Crippen LogP contribution in [0.1, 0.15) is 60.1 Å². The fourth-order valence-corrected chi connectivity index (χ4v) is 9.40. The highest BCUT2D eigenvalue weighted by Gasteiger charge is 2.47. The number of fused-ring (bicyclic) bond motifs is 8. The van der Waals surface area contributed by atoms with E-state index in [0.29, 0.717) is 13.2 Å². The number of hydrogen-bond acceptors (Lipinski definition) is 6. The quantitative estimate of drug-likeness (QED) is 0.170. The van der Waals surface area contributed by atoms with E-state index in [1.807, 2.05) is 0 Å². The van der Waals surface area contributed by atoms with Crippen molar-refractivity contribution in [1.29, 1.82) is 0 Å². The van der Waals surface area contributed by atoms with Gasteiger partial charge in [0.25, 0.3) is 0 Å². The number of methoxy groups -OCH3 is 1. The van der Waals surface area contributed by atoms with Crippen molar-refractivity contribution < 1.29 is 18.9 Å². The lowest BCUT2D eigenvalue weighted by atomic mass is 9.71. The van der Waals surface area contributed by atoms with E-state index in [4.69, 9.17) is 18.9 Å². The van der Waals surface area contributed by atoms with Gasteiger partial charge in [-0.25, -0.2) is 0 Å². The zero-order chi connectivity index (χ0) is 35.5. The van der Waals surface area contributed by atoms with Crippen molar-refractivity contribution >= 4 is 28.2 Å². The Kier molecular flexibility index (Phi) is 8.28. The summed E-state index contributed by atoms with van der Waals surface area (Å²) >= 11 is 0. The van der Waals surface area contributed by atoms with Crippen LogP contribution < -0.4 is 19.3 Å². The van der Waals surface area contributed by atoms with Gasteiger partial charge in [-0.2, -0.15) is 0 Å². The van der Waals surface area contributed by atoms with Crippen molar-refractivity contribution in [3.63, 3.8) is 0 Å². The minimum absolute atomic E-state index is 0.138. The molecule has 0 spiro atoms. The first-order chi connectivity index (χ1) is 25.5. The maximum Gasteiger partial charge on any atom is 0.178 e. The maximum atomic E-state index is 7.71. The summed E-state index contributed by atoms with van der Waals surface area (Å²) in [5, 5.41) is 2.29. The molecule has 0 aromatic heterocycles. The molecule has 3 heterocycles. The number of nitrogens with zero attached hydrogens (tertiary/aromatic N) is 2. The lowest BCUT2D eigenvalue weighted by molar-refractivity contribution is 0.122. The van der Waals surface area contributed by atoms with Gasteiger partial charge >= 0.3 is 0 Å². The molecule has 266 valence electrons. The molecular weight excluding hydrogens is 645 g/mol. The zero-order valence-electron chi connectivity index (χ0n) is 30.8. The summed E-state index contributed by atoms with van der Waals surface area (Å²) in [6.07, 6.45) is 6.69. The van der Waals surface area contributed by atoms with Crippen LogP contribution in [0.2, 0.25) is 0 Å². The number of anilines is 2. The molecule has 0 radical (unpaired) electrons. The number of morpholine rings is 2. The van der Waals surface area contributed by atoms with Crippen LogP contribution >= 0.6 is 0 Å². The Bertz CT molecular complexity index is 2160. The number of hydrogen-bond donors (Lipinski definition) is 0. The normalized spacial score (nSPS) is 20.3. The summed E-state index contributed by atoms with van der Waals surface area (Å²) in [7, 11) is 1.78. The number of rotatable bonds is 7. The Morgan fingerprint density at radius 3 is 2.02 bits per heavy atom. The Morgan fingerprint density at radius 2 is 1.37 bits per heavy atom. The molecule has 2 saturated heterocycles. The second kappa shape index (κ2) is 13.0. The highest BCUT2D eigenvalue weighted by Crippen LogP contribution is 2.61. The Labute approximate surface area is 307 Å². The summed E-state index contributed by atoms with van der Waals surface area (Å²) < 4.78 is 25.3. The fraction of sp³-hybridized carbons (Fsp3) is 0.348. The van der Waals surface area contributed by atoms with Crippen LogP contribution in [0, 0.1) is 6.92 Å². The van der Waals surface area contributed by atoms with Crippen molar-refractivity contribution in [3.05, 3.63) is 124 Å². The van der Waals surface area contributed by atoms with Crippen LogP contribution in [0.4, 0.5) is 11.4 Å². The van der Waals surface area contributed by atoms with E-state index in [2.05, 4.69) is 128 Å². The average Bonchev–Trinajstić information content (AvgIpc) is 3.52. The molecule has 0 amide bonds. The standard InChI is InChI=1S/C46H48N2O4/c1-5-45(6-2)39-10-8-7-9-35(39)42-37-29-40(48-23-27-51-28-24-48)41(49-4)30-38(37)44-36(43(42)45)19-20-46(52-44,32-13-11-31(3)12-14-32)33-15-17-34(18-16-33)47-21-25-50-26-22-47/h7-20,29-30H,5-6,21-28H2,1-4H3. The molecule has 9 rings (SSSR count). The van der Waals surface area contributed by atoms with E-state index in [1.165, 1.54) is 44.5 Å². The third kappa shape index (κ3) is 4.98. The molecule has 0 bridgehead atoms. The highest BCUT2D eigenvalue weighted by atomic mass is 16.5. The first-order valence-electron chi connectivity index (χ1n) is 19.0. The van der Waals surface area contributed by atoms with Crippen molar-refractivity contribution in [2.24, 2.45) is 0 Å². The van der Waals surface area contributed by atoms with E-state index in [0.717, 1.165) is 85.9 Å². The minimum Gasteiger partial charge on any atom is -0.495 e. The van der Waals surface area contributed by atoms with Crippen LogP contribution in [-0.2, 0) is 20.5 Å². The van der Waals surface area contributed by atoms with E-state index in [-0.39, 0.29) is 5.41 Å². The number of aryl methyl sites for hydroxylation is 1. The van der Waals surface area contributed by atoms with Crippen molar-refractivity contribution in [1.82, 2.24) is 0 Å². The van der Waals surface area contributed by atoms with Gasteiger partial charge in [-0.3, -0.25) is 0 Å². The predicted octanol–water partition coefficient (Wildman–Crippen LogP) is 9.27. The van der Waals surface area contributed by atoms with Gasteiger partial charge in [-0.05, 0) is 77.7 Å². The summed E-state index contributed by atoms with van der Waals surface area (Å²) in [5.74, 6) is 1.77. The van der Waals surface area contributed by atoms with Crippen LogP contribution in [0.3, 0.4) is 0 Å². The zero-order valence-corrected chi connectivity index (χ0v) is 30.8. The van der Waals surface area contributed by atoms with Gasteiger partial charge in [0.15, 0.2) is 5.60 Å². The highest BCUT2D eigenvalue weighted by molar-refractivity contribution is 6.10. The lowest BCUT2D eigenvalue weighted by Crippen LogP contribution is -2.37.